The molecule has 2 aromatic rings. The minimum absolute atomic E-state index is 0.0427. The molecule has 0 saturated carbocycles. The molecule has 0 radical (unpaired) electrons. The van der Waals surface area contributed by atoms with Crippen LogP contribution in [-0.2, 0) is 0 Å². The summed E-state index contributed by atoms with van der Waals surface area (Å²) in [6.07, 6.45) is 2.28. The van der Waals surface area contributed by atoms with Crippen molar-refractivity contribution in [3.8, 4) is 17.4 Å². The van der Waals surface area contributed by atoms with Gasteiger partial charge in [0, 0.05) is 12.0 Å². The first-order chi connectivity index (χ1) is 12.2. The Bertz CT molecular complexity index is 744. The molecular weight excluding hydrogens is 326 g/mol. The van der Waals surface area contributed by atoms with Gasteiger partial charge in [-0.1, -0.05) is 58.9 Å². The molecule has 1 atom stereocenters. The van der Waals surface area contributed by atoms with Gasteiger partial charge >= 0.3 is 6.01 Å². The summed E-state index contributed by atoms with van der Waals surface area (Å²) in [5, 5.41) is 4.35. The van der Waals surface area contributed by atoms with Crippen molar-refractivity contribution in [2.75, 3.05) is 6.61 Å². The molecule has 0 aliphatic carbocycles. The largest absolute Gasteiger partial charge is 0.462 e. The standard InChI is InChI=1S/C21H31N3O2/c1-7-12-26-20-22-19(17-11-9-8-10-16(17)3)24(23-20)18(25)13-15(2)14-21(4,5)6/h8-11,15H,7,12-14H2,1-6H3. The molecule has 1 heterocycles. The maximum absolute atomic E-state index is 12.9. The topological polar surface area (TPSA) is 57.0 Å². The van der Waals surface area contributed by atoms with E-state index in [-0.39, 0.29) is 23.3 Å². The second kappa shape index (κ2) is 8.47. The molecule has 0 aliphatic heterocycles. The summed E-state index contributed by atoms with van der Waals surface area (Å²) in [5.74, 6) is 0.789. The lowest BCUT2D eigenvalue weighted by atomic mass is 9.84. The lowest BCUT2D eigenvalue weighted by Crippen LogP contribution is -2.20. The maximum atomic E-state index is 12.9. The van der Waals surface area contributed by atoms with Crippen LogP contribution in [-0.4, -0.2) is 27.3 Å². The molecule has 0 aliphatic rings. The van der Waals surface area contributed by atoms with Crippen molar-refractivity contribution in [3.63, 3.8) is 0 Å². The highest BCUT2D eigenvalue weighted by Gasteiger charge is 2.23. The van der Waals surface area contributed by atoms with E-state index < -0.39 is 0 Å². The highest BCUT2D eigenvalue weighted by molar-refractivity contribution is 5.83. The van der Waals surface area contributed by atoms with E-state index in [0.29, 0.717) is 18.9 Å². The third-order valence-corrected chi connectivity index (χ3v) is 4.13. The predicted octanol–water partition coefficient (Wildman–Crippen LogP) is 5.14. The van der Waals surface area contributed by atoms with Gasteiger partial charge in [0.25, 0.3) is 0 Å². The summed E-state index contributed by atoms with van der Waals surface area (Å²) in [7, 11) is 0. The molecule has 0 amide bonds. The van der Waals surface area contributed by atoms with E-state index >= 15 is 0 Å². The molecule has 5 heteroatoms. The van der Waals surface area contributed by atoms with Crippen molar-refractivity contribution in [3.05, 3.63) is 29.8 Å². The summed E-state index contributed by atoms with van der Waals surface area (Å²) in [4.78, 5) is 17.4. The van der Waals surface area contributed by atoms with Gasteiger partial charge in [0.1, 0.15) is 0 Å². The van der Waals surface area contributed by atoms with E-state index in [1.165, 1.54) is 4.68 Å². The van der Waals surface area contributed by atoms with E-state index in [2.05, 4.69) is 37.8 Å². The number of hydrogen-bond acceptors (Lipinski definition) is 4. The van der Waals surface area contributed by atoms with Crippen molar-refractivity contribution in [1.29, 1.82) is 0 Å². The summed E-state index contributed by atoms with van der Waals surface area (Å²) in [6, 6.07) is 8.16. The average Bonchev–Trinajstić information content (AvgIpc) is 2.95. The zero-order valence-electron chi connectivity index (χ0n) is 16.9. The molecule has 1 aromatic carbocycles. The highest BCUT2D eigenvalue weighted by Crippen LogP contribution is 2.28. The molecule has 0 N–H and O–H groups in total. The molecular formula is C21H31N3O2. The molecule has 142 valence electrons. The number of ether oxygens (including phenoxy) is 1. The fourth-order valence-electron chi connectivity index (χ4n) is 3.22. The van der Waals surface area contributed by atoms with Gasteiger partial charge in [-0.15, -0.1) is 5.10 Å². The summed E-state index contributed by atoms with van der Waals surface area (Å²) in [6.45, 7) is 13.3. The molecule has 5 nitrogen and oxygen atoms in total. The normalized spacial score (nSPS) is 12.8. The monoisotopic (exact) mass is 357 g/mol. The zero-order valence-corrected chi connectivity index (χ0v) is 16.9. The third kappa shape index (κ3) is 5.41. The molecule has 1 unspecified atom stereocenters. The van der Waals surface area contributed by atoms with E-state index in [4.69, 9.17) is 4.74 Å². The molecule has 0 spiro atoms. The summed E-state index contributed by atoms with van der Waals surface area (Å²) < 4.78 is 7.00. The number of nitrogens with zero attached hydrogens (tertiary/aromatic N) is 3. The first-order valence-electron chi connectivity index (χ1n) is 9.40. The van der Waals surface area contributed by atoms with Crippen LogP contribution < -0.4 is 4.74 Å². The van der Waals surface area contributed by atoms with Crippen LogP contribution in [0.4, 0.5) is 0 Å². The number of aryl methyl sites for hydroxylation is 1. The number of rotatable bonds is 7. The van der Waals surface area contributed by atoms with Crippen molar-refractivity contribution in [2.45, 2.75) is 60.8 Å². The van der Waals surface area contributed by atoms with Crippen LogP contribution in [0.2, 0.25) is 0 Å². The van der Waals surface area contributed by atoms with E-state index in [0.717, 1.165) is 24.0 Å². The predicted molar refractivity (Wildman–Crippen MR) is 104 cm³/mol. The van der Waals surface area contributed by atoms with Gasteiger partial charge in [-0.25, -0.2) is 0 Å². The Morgan fingerprint density at radius 3 is 2.58 bits per heavy atom. The van der Waals surface area contributed by atoms with E-state index in [1.807, 2.05) is 38.1 Å². The second-order valence-corrected chi connectivity index (χ2v) is 8.26. The lowest BCUT2D eigenvalue weighted by Gasteiger charge is -2.22. The van der Waals surface area contributed by atoms with Crippen LogP contribution in [0, 0.1) is 18.3 Å². The molecule has 1 aromatic heterocycles. The SMILES string of the molecule is CCCOc1nc(-c2ccccc2C)n(C(=O)CC(C)CC(C)(C)C)n1. The van der Waals surface area contributed by atoms with Crippen LogP contribution in [0.25, 0.3) is 11.4 Å². The van der Waals surface area contributed by atoms with Gasteiger partial charge in [0.15, 0.2) is 5.82 Å². The van der Waals surface area contributed by atoms with Crippen molar-refractivity contribution >= 4 is 5.91 Å². The van der Waals surface area contributed by atoms with Crippen molar-refractivity contribution < 1.29 is 9.53 Å². The molecule has 0 saturated heterocycles. The first kappa shape index (κ1) is 20.1. The number of aromatic nitrogens is 3. The molecule has 2 rings (SSSR count). The van der Waals surface area contributed by atoms with Crippen LogP contribution in [0.3, 0.4) is 0 Å². The van der Waals surface area contributed by atoms with E-state index in [9.17, 15) is 4.79 Å². The smallest absolute Gasteiger partial charge is 0.336 e. The number of carbonyl (C=O) groups excluding carboxylic acids is 1. The number of carbonyl (C=O) groups is 1. The van der Waals surface area contributed by atoms with Gasteiger partial charge in [-0.05, 0) is 36.7 Å². The second-order valence-electron chi connectivity index (χ2n) is 8.26. The summed E-state index contributed by atoms with van der Waals surface area (Å²) in [5.41, 5.74) is 2.15. The quantitative estimate of drug-likeness (QED) is 0.688. The fourth-order valence-corrected chi connectivity index (χ4v) is 3.22. The first-order valence-corrected chi connectivity index (χ1v) is 9.40. The Morgan fingerprint density at radius 2 is 1.96 bits per heavy atom. The van der Waals surface area contributed by atoms with Crippen LogP contribution >= 0.6 is 0 Å². The Balaban J connectivity index is 2.32. The molecule has 0 fully saturated rings. The molecule has 0 bridgehead atoms. The van der Waals surface area contributed by atoms with Crippen LogP contribution in [0.1, 0.15) is 64.2 Å². The minimum Gasteiger partial charge on any atom is -0.462 e. The zero-order chi connectivity index (χ0) is 19.3. The van der Waals surface area contributed by atoms with Gasteiger partial charge in [0.2, 0.25) is 5.91 Å². The Labute approximate surface area is 156 Å². The minimum atomic E-state index is -0.0427. The molecule has 26 heavy (non-hydrogen) atoms. The average molecular weight is 357 g/mol. The Hall–Kier alpha value is -2.17. The fraction of sp³-hybridized carbons (Fsp3) is 0.571. The highest BCUT2D eigenvalue weighted by atomic mass is 16.5. The maximum Gasteiger partial charge on any atom is 0.336 e. The lowest BCUT2D eigenvalue weighted by molar-refractivity contribution is 0.0856. The Kier molecular flexibility index (Phi) is 6.57. The van der Waals surface area contributed by atoms with Crippen LogP contribution in [0.15, 0.2) is 24.3 Å². The van der Waals surface area contributed by atoms with Crippen molar-refractivity contribution in [1.82, 2.24) is 14.8 Å². The van der Waals surface area contributed by atoms with Gasteiger partial charge < -0.3 is 4.74 Å². The number of benzene rings is 1. The number of hydrogen-bond donors (Lipinski definition) is 0. The third-order valence-electron chi connectivity index (χ3n) is 4.13. The Morgan fingerprint density at radius 1 is 1.27 bits per heavy atom. The van der Waals surface area contributed by atoms with Gasteiger partial charge in [-0.3, -0.25) is 4.79 Å². The van der Waals surface area contributed by atoms with Gasteiger partial charge in [-0.2, -0.15) is 9.67 Å². The van der Waals surface area contributed by atoms with Crippen molar-refractivity contribution in [2.24, 2.45) is 11.3 Å². The van der Waals surface area contributed by atoms with E-state index in [1.54, 1.807) is 0 Å². The van der Waals surface area contributed by atoms with Crippen LogP contribution in [0.5, 0.6) is 6.01 Å². The van der Waals surface area contributed by atoms with Gasteiger partial charge in [0.05, 0.1) is 6.61 Å². The summed E-state index contributed by atoms with van der Waals surface area (Å²) >= 11 is 0.